The van der Waals surface area contributed by atoms with E-state index in [-0.39, 0.29) is 12.5 Å². The maximum Gasteiger partial charge on any atom is 0.254 e. The molecule has 0 spiro atoms. The minimum atomic E-state index is -0.155. The lowest BCUT2D eigenvalue weighted by Gasteiger charge is -2.15. The number of rotatable bonds is 4. The standard InChI is InChI=1S/C19H18ClN3O2/c1-12-5-4-6-14(9-12)18-21-17(25-22-18)11-23(3)19(24)15-8-7-13(2)16(20)10-15/h4-10H,11H2,1-3H3. The number of aryl methyl sites for hydroxylation is 2. The summed E-state index contributed by atoms with van der Waals surface area (Å²) in [5, 5.41) is 4.56. The maximum absolute atomic E-state index is 12.5. The van der Waals surface area contributed by atoms with Crippen LogP contribution in [-0.4, -0.2) is 28.0 Å². The second-order valence-corrected chi connectivity index (χ2v) is 6.41. The van der Waals surface area contributed by atoms with Gasteiger partial charge in [-0.15, -0.1) is 0 Å². The Labute approximate surface area is 151 Å². The van der Waals surface area contributed by atoms with Crippen molar-refractivity contribution in [3.05, 3.63) is 70.1 Å². The summed E-state index contributed by atoms with van der Waals surface area (Å²) >= 11 is 6.10. The summed E-state index contributed by atoms with van der Waals surface area (Å²) in [5.41, 5.74) is 3.46. The van der Waals surface area contributed by atoms with Gasteiger partial charge in [-0.05, 0) is 37.6 Å². The van der Waals surface area contributed by atoms with Gasteiger partial charge < -0.3 is 9.42 Å². The Morgan fingerprint density at radius 2 is 2.00 bits per heavy atom. The Bertz CT molecular complexity index is 921. The van der Waals surface area contributed by atoms with Crippen LogP contribution in [0.15, 0.2) is 47.0 Å². The van der Waals surface area contributed by atoms with Crippen molar-refractivity contribution in [1.82, 2.24) is 15.0 Å². The first-order valence-corrected chi connectivity index (χ1v) is 8.23. The van der Waals surface area contributed by atoms with E-state index in [0.29, 0.717) is 22.3 Å². The van der Waals surface area contributed by atoms with E-state index in [4.69, 9.17) is 16.1 Å². The van der Waals surface area contributed by atoms with Crippen LogP contribution < -0.4 is 0 Å². The van der Waals surface area contributed by atoms with Gasteiger partial charge in [0.1, 0.15) is 0 Å². The maximum atomic E-state index is 12.5. The average Bonchev–Trinajstić information content (AvgIpc) is 3.05. The second-order valence-electron chi connectivity index (χ2n) is 6.01. The van der Waals surface area contributed by atoms with Crippen molar-refractivity contribution < 1.29 is 9.32 Å². The van der Waals surface area contributed by atoms with Crippen LogP contribution in [0.5, 0.6) is 0 Å². The highest BCUT2D eigenvalue weighted by atomic mass is 35.5. The minimum Gasteiger partial charge on any atom is -0.337 e. The van der Waals surface area contributed by atoms with Crippen molar-refractivity contribution in [2.45, 2.75) is 20.4 Å². The molecule has 6 heteroatoms. The summed E-state index contributed by atoms with van der Waals surface area (Å²) in [4.78, 5) is 18.4. The highest BCUT2D eigenvalue weighted by Gasteiger charge is 2.17. The van der Waals surface area contributed by atoms with E-state index in [1.54, 1.807) is 19.2 Å². The quantitative estimate of drug-likeness (QED) is 0.700. The van der Waals surface area contributed by atoms with Crippen LogP contribution in [0.1, 0.15) is 27.4 Å². The molecule has 2 aromatic carbocycles. The smallest absolute Gasteiger partial charge is 0.254 e. The van der Waals surface area contributed by atoms with Gasteiger partial charge in [-0.1, -0.05) is 46.6 Å². The molecule has 1 amide bonds. The number of hydrogen-bond donors (Lipinski definition) is 0. The molecule has 0 aliphatic rings. The number of hydrogen-bond acceptors (Lipinski definition) is 4. The molecule has 0 radical (unpaired) electrons. The predicted molar refractivity (Wildman–Crippen MR) is 96.5 cm³/mol. The Balaban J connectivity index is 1.74. The van der Waals surface area contributed by atoms with Crippen LogP contribution in [0.25, 0.3) is 11.4 Å². The fraction of sp³-hybridized carbons (Fsp3) is 0.211. The number of halogens is 1. The van der Waals surface area contributed by atoms with E-state index >= 15 is 0 Å². The first-order valence-electron chi connectivity index (χ1n) is 7.85. The van der Waals surface area contributed by atoms with E-state index in [0.717, 1.165) is 16.7 Å². The zero-order chi connectivity index (χ0) is 18.0. The van der Waals surface area contributed by atoms with E-state index in [2.05, 4.69) is 10.1 Å². The molecule has 0 bridgehead atoms. The van der Waals surface area contributed by atoms with Crippen LogP contribution in [0.2, 0.25) is 5.02 Å². The molecule has 5 nitrogen and oxygen atoms in total. The van der Waals surface area contributed by atoms with Crippen LogP contribution in [0, 0.1) is 13.8 Å². The molecule has 0 atom stereocenters. The molecule has 128 valence electrons. The van der Waals surface area contributed by atoms with Gasteiger partial charge in [-0.25, -0.2) is 0 Å². The first kappa shape index (κ1) is 17.2. The van der Waals surface area contributed by atoms with Crippen LogP contribution in [0.4, 0.5) is 0 Å². The Morgan fingerprint density at radius 1 is 1.20 bits per heavy atom. The molecule has 1 heterocycles. The molecule has 0 unspecified atom stereocenters. The Morgan fingerprint density at radius 3 is 2.72 bits per heavy atom. The molecule has 0 aliphatic heterocycles. The predicted octanol–water partition coefficient (Wildman–Crippen LogP) is 4.28. The normalized spacial score (nSPS) is 10.7. The van der Waals surface area contributed by atoms with E-state index < -0.39 is 0 Å². The van der Waals surface area contributed by atoms with Gasteiger partial charge in [0.25, 0.3) is 5.91 Å². The summed E-state index contributed by atoms with van der Waals surface area (Å²) in [6, 6.07) is 13.1. The molecule has 0 aliphatic carbocycles. The molecule has 0 saturated heterocycles. The third-order valence-electron chi connectivity index (χ3n) is 3.88. The highest BCUT2D eigenvalue weighted by Crippen LogP contribution is 2.19. The van der Waals surface area contributed by atoms with Gasteiger partial charge in [0, 0.05) is 23.2 Å². The van der Waals surface area contributed by atoms with Crippen LogP contribution >= 0.6 is 11.6 Å². The molecule has 1 aromatic heterocycles. The van der Waals surface area contributed by atoms with Gasteiger partial charge in [0.2, 0.25) is 11.7 Å². The van der Waals surface area contributed by atoms with Gasteiger partial charge in [-0.3, -0.25) is 4.79 Å². The van der Waals surface area contributed by atoms with Crippen molar-refractivity contribution in [2.24, 2.45) is 0 Å². The number of nitrogens with zero attached hydrogens (tertiary/aromatic N) is 3. The lowest BCUT2D eigenvalue weighted by Crippen LogP contribution is -2.26. The average molecular weight is 356 g/mol. The number of carbonyl (C=O) groups excluding carboxylic acids is 1. The fourth-order valence-corrected chi connectivity index (χ4v) is 2.62. The van der Waals surface area contributed by atoms with Crippen molar-refractivity contribution in [3.63, 3.8) is 0 Å². The van der Waals surface area contributed by atoms with E-state index in [1.165, 1.54) is 4.90 Å². The lowest BCUT2D eigenvalue weighted by atomic mass is 10.1. The summed E-state index contributed by atoms with van der Waals surface area (Å²) < 4.78 is 5.28. The van der Waals surface area contributed by atoms with Crippen molar-refractivity contribution in [3.8, 4) is 11.4 Å². The Kier molecular flexibility index (Phi) is 4.86. The summed E-state index contributed by atoms with van der Waals surface area (Å²) in [6.45, 7) is 4.12. The lowest BCUT2D eigenvalue weighted by molar-refractivity contribution is 0.0769. The monoisotopic (exact) mass is 355 g/mol. The first-order chi connectivity index (χ1) is 11.9. The van der Waals surface area contributed by atoms with Gasteiger partial charge in [0.15, 0.2) is 0 Å². The third-order valence-corrected chi connectivity index (χ3v) is 4.29. The third kappa shape index (κ3) is 3.88. The summed E-state index contributed by atoms with van der Waals surface area (Å²) in [7, 11) is 1.69. The van der Waals surface area contributed by atoms with Crippen molar-refractivity contribution in [1.29, 1.82) is 0 Å². The van der Waals surface area contributed by atoms with Crippen LogP contribution in [0.3, 0.4) is 0 Å². The largest absolute Gasteiger partial charge is 0.337 e. The molecular weight excluding hydrogens is 338 g/mol. The fourth-order valence-electron chi connectivity index (χ4n) is 2.44. The molecular formula is C19H18ClN3O2. The van der Waals surface area contributed by atoms with Gasteiger partial charge in [0.05, 0.1) is 6.54 Å². The Hall–Kier alpha value is -2.66. The zero-order valence-corrected chi connectivity index (χ0v) is 15.0. The highest BCUT2D eigenvalue weighted by molar-refractivity contribution is 6.31. The topological polar surface area (TPSA) is 59.2 Å². The zero-order valence-electron chi connectivity index (χ0n) is 14.3. The summed E-state index contributed by atoms with van der Waals surface area (Å²) in [5.74, 6) is 0.737. The van der Waals surface area contributed by atoms with Gasteiger partial charge >= 0.3 is 0 Å². The molecule has 25 heavy (non-hydrogen) atoms. The van der Waals surface area contributed by atoms with Crippen LogP contribution in [-0.2, 0) is 6.54 Å². The number of aromatic nitrogens is 2. The van der Waals surface area contributed by atoms with E-state index in [1.807, 2.05) is 44.2 Å². The van der Waals surface area contributed by atoms with E-state index in [9.17, 15) is 4.79 Å². The minimum absolute atomic E-state index is 0.155. The molecule has 0 N–H and O–H groups in total. The van der Waals surface area contributed by atoms with Gasteiger partial charge in [-0.2, -0.15) is 4.98 Å². The number of benzene rings is 2. The number of carbonyl (C=O) groups is 1. The number of amides is 1. The molecule has 0 saturated carbocycles. The summed E-state index contributed by atoms with van der Waals surface area (Å²) in [6.07, 6.45) is 0. The van der Waals surface area contributed by atoms with Crippen molar-refractivity contribution in [2.75, 3.05) is 7.05 Å². The SMILES string of the molecule is Cc1cccc(-c2noc(CN(C)C(=O)c3ccc(C)c(Cl)c3)n2)c1. The molecule has 3 rings (SSSR count). The molecule has 0 fully saturated rings. The second kappa shape index (κ2) is 7.07. The molecule has 3 aromatic rings. The van der Waals surface area contributed by atoms with Crippen molar-refractivity contribution >= 4 is 17.5 Å².